The molecule has 0 fully saturated rings. The van der Waals surface area contributed by atoms with E-state index < -0.39 is 18.9 Å². The Bertz CT molecular complexity index is 425. The van der Waals surface area contributed by atoms with Gasteiger partial charge in [0.05, 0.1) is 13.2 Å². The lowest BCUT2D eigenvalue weighted by Crippen LogP contribution is -2.37. The van der Waals surface area contributed by atoms with Crippen molar-refractivity contribution in [2.24, 2.45) is 0 Å². The lowest BCUT2D eigenvalue weighted by Gasteiger charge is -2.22. The van der Waals surface area contributed by atoms with Gasteiger partial charge in [0.25, 0.3) is 12.3 Å². The van der Waals surface area contributed by atoms with Gasteiger partial charge >= 0.3 is 0 Å². The second kappa shape index (κ2) is 7.04. The standard InChI is InChI=1S/C13H18F2N2O2/c1-16(2)11-5-3-4-10(8-11)13(19)17(6-7-18)9-12(14)15/h3-5,8,12,18H,6-7,9H2,1-2H3. The fraction of sp³-hybridized carbons (Fsp3) is 0.462. The van der Waals surface area contributed by atoms with E-state index >= 15 is 0 Å². The maximum absolute atomic E-state index is 12.4. The van der Waals surface area contributed by atoms with Crippen LogP contribution >= 0.6 is 0 Å². The van der Waals surface area contributed by atoms with Crippen LogP contribution in [-0.2, 0) is 0 Å². The smallest absolute Gasteiger partial charge is 0.255 e. The van der Waals surface area contributed by atoms with Crippen molar-refractivity contribution in [2.75, 3.05) is 38.7 Å². The number of hydrogen-bond acceptors (Lipinski definition) is 3. The highest BCUT2D eigenvalue weighted by atomic mass is 19.3. The van der Waals surface area contributed by atoms with Crippen LogP contribution in [0.25, 0.3) is 0 Å². The maximum Gasteiger partial charge on any atom is 0.255 e. The molecule has 0 heterocycles. The molecule has 0 aliphatic rings. The average molecular weight is 272 g/mol. The van der Waals surface area contributed by atoms with E-state index in [1.54, 1.807) is 18.2 Å². The second-order valence-corrected chi connectivity index (χ2v) is 4.31. The number of halogens is 2. The van der Waals surface area contributed by atoms with Crippen molar-refractivity contribution < 1.29 is 18.7 Å². The van der Waals surface area contributed by atoms with Gasteiger partial charge < -0.3 is 14.9 Å². The molecule has 106 valence electrons. The molecule has 0 atom stereocenters. The van der Waals surface area contributed by atoms with E-state index in [0.717, 1.165) is 10.6 Å². The molecule has 19 heavy (non-hydrogen) atoms. The summed E-state index contributed by atoms with van der Waals surface area (Å²) in [7, 11) is 3.66. The molecule has 1 aromatic carbocycles. The number of rotatable bonds is 6. The van der Waals surface area contributed by atoms with Crippen molar-refractivity contribution in [2.45, 2.75) is 6.43 Å². The Hall–Kier alpha value is -1.69. The number of hydrogen-bond donors (Lipinski definition) is 1. The molecule has 6 heteroatoms. The van der Waals surface area contributed by atoms with Crippen LogP contribution in [0, 0.1) is 0 Å². The number of alkyl halides is 2. The van der Waals surface area contributed by atoms with Crippen LogP contribution in [0.3, 0.4) is 0 Å². The van der Waals surface area contributed by atoms with Gasteiger partial charge in [0.2, 0.25) is 0 Å². The molecule has 0 aliphatic carbocycles. The van der Waals surface area contributed by atoms with Gasteiger partial charge in [-0.1, -0.05) is 6.07 Å². The molecule has 0 saturated carbocycles. The lowest BCUT2D eigenvalue weighted by atomic mass is 10.1. The zero-order valence-electron chi connectivity index (χ0n) is 11.0. The highest BCUT2D eigenvalue weighted by Crippen LogP contribution is 2.15. The van der Waals surface area contributed by atoms with Gasteiger partial charge in [0, 0.05) is 31.9 Å². The first-order valence-electron chi connectivity index (χ1n) is 5.91. The van der Waals surface area contributed by atoms with E-state index in [2.05, 4.69) is 0 Å². The van der Waals surface area contributed by atoms with Crippen molar-refractivity contribution >= 4 is 11.6 Å². The SMILES string of the molecule is CN(C)c1cccc(C(=O)N(CCO)CC(F)F)c1. The molecule has 1 rings (SSSR count). The molecule has 0 unspecified atom stereocenters. The zero-order chi connectivity index (χ0) is 14.4. The molecule has 0 aromatic heterocycles. The molecule has 1 amide bonds. The second-order valence-electron chi connectivity index (χ2n) is 4.31. The van der Waals surface area contributed by atoms with Crippen LogP contribution in [0.15, 0.2) is 24.3 Å². The van der Waals surface area contributed by atoms with Gasteiger partial charge in [-0.05, 0) is 18.2 Å². The fourth-order valence-corrected chi connectivity index (χ4v) is 1.66. The van der Waals surface area contributed by atoms with Crippen LogP contribution in [0.4, 0.5) is 14.5 Å². The minimum atomic E-state index is -2.62. The maximum atomic E-state index is 12.4. The molecule has 1 aromatic rings. The van der Waals surface area contributed by atoms with Crippen LogP contribution in [0.2, 0.25) is 0 Å². The lowest BCUT2D eigenvalue weighted by molar-refractivity contribution is 0.0509. The molecule has 1 N–H and O–H groups in total. The third-order valence-corrected chi connectivity index (χ3v) is 2.63. The van der Waals surface area contributed by atoms with E-state index in [-0.39, 0.29) is 13.2 Å². The van der Waals surface area contributed by atoms with Gasteiger partial charge in [0.1, 0.15) is 0 Å². The summed E-state index contributed by atoms with van der Waals surface area (Å²) < 4.78 is 24.8. The van der Waals surface area contributed by atoms with Crippen molar-refractivity contribution in [3.8, 4) is 0 Å². The monoisotopic (exact) mass is 272 g/mol. The predicted octanol–water partition coefficient (Wildman–Crippen LogP) is 1.45. The Balaban J connectivity index is 2.92. The average Bonchev–Trinajstić information content (AvgIpc) is 2.37. The van der Waals surface area contributed by atoms with Gasteiger partial charge in [-0.2, -0.15) is 0 Å². The van der Waals surface area contributed by atoms with Gasteiger partial charge in [-0.25, -0.2) is 8.78 Å². The summed E-state index contributed by atoms with van der Waals surface area (Å²) >= 11 is 0. The van der Waals surface area contributed by atoms with Gasteiger partial charge in [-0.3, -0.25) is 4.79 Å². The molecule has 0 radical (unpaired) electrons. The Morgan fingerprint density at radius 3 is 2.58 bits per heavy atom. The highest BCUT2D eigenvalue weighted by Gasteiger charge is 2.19. The van der Waals surface area contributed by atoms with Crippen LogP contribution < -0.4 is 4.90 Å². The minimum absolute atomic E-state index is 0.102. The molecule has 0 saturated heterocycles. The van der Waals surface area contributed by atoms with Crippen LogP contribution in [0.1, 0.15) is 10.4 Å². The van der Waals surface area contributed by atoms with E-state index in [4.69, 9.17) is 5.11 Å². The highest BCUT2D eigenvalue weighted by molar-refractivity contribution is 5.95. The Morgan fingerprint density at radius 1 is 1.37 bits per heavy atom. The number of benzene rings is 1. The number of amides is 1. The first-order valence-corrected chi connectivity index (χ1v) is 5.91. The quantitative estimate of drug-likeness (QED) is 0.852. The number of aliphatic hydroxyl groups excluding tert-OH is 1. The summed E-state index contributed by atoms with van der Waals surface area (Å²) in [5.41, 5.74) is 1.15. The first kappa shape index (κ1) is 15.4. The Kier molecular flexibility index (Phi) is 5.69. The number of anilines is 1. The molecule has 0 aliphatic heterocycles. The topological polar surface area (TPSA) is 43.8 Å². The summed E-state index contributed by atoms with van der Waals surface area (Å²) in [6.45, 7) is -1.12. The Morgan fingerprint density at radius 2 is 2.05 bits per heavy atom. The number of carbonyl (C=O) groups is 1. The molecule has 0 spiro atoms. The zero-order valence-corrected chi connectivity index (χ0v) is 11.0. The van der Waals surface area contributed by atoms with Gasteiger partial charge in [-0.15, -0.1) is 0 Å². The summed E-state index contributed by atoms with van der Waals surface area (Å²) in [5, 5.41) is 8.84. The summed E-state index contributed by atoms with van der Waals surface area (Å²) in [4.78, 5) is 14.9. The first-order chi connectivity index (χ1) is 8.95. The number of carbonyl (C=O) groups excluding carboxylic acids is 1. The van der Waals surface area contributed by atoms with Crippen molar-refractivity contribution in [1.82, 2.24) is 4.90 Å². The van der Waals surface area contributed by atoms with Crippen LogP contribution in [-0.4, -0.2) is 56.1 Å². The third-order valence-electron chi connectivity index (χ3n) is 2.63. The number of aliphatic hydroxyl groups is 1. The molecular weight excluding hydrogens is 254 g/mol. The fourth-order valence-electron chi connectivity index (χ4n) is 1.66. The molecule has 4 nitrogen and oxygen atoms in total. The predicted molar refractivity (Wildman–Crippen MR) is 69.8 cm³/mol. The summed E-state index contributed by atoms with van der Waals surface area (Å²) in [5.74, 6) is -0.502. The minimum Gasteiger partial charge on any atom is -0.395 e. The summed E-state index contributed by atoms with van der Waals surface area (Å²) in [6, 6.07) is 6.73. The third kappa shape index (κ3) is 4.48. The van der Waals surface area contributed by atoms with E-state index in [9.17, 15) is 13.6 Å². The molecule has 0 bridgehead atoms. The normalized spacial score (nSPS) is 10.6. The number of nitrogens with zero attached hydrogens (tertiary/aromatic N) is 2. The Labute approximate surface area is 111 Å². The van der Waals surface area contributed by atoms with Crippen molar-refractivity contribution in [3.63, 3.8) is 0 Å². The van der Waals surface area contributed by atoms with Crippen molar-refractivity contribution in [1.29, 1.82) is 0 Å². The largest absolute Gasteiger partial charge is 0.395 e. The van der Waals surface area contributed by atoms with Gasteiger partial charge in [0.15, 0.2) is 0 Å². The van der Waals surface area contributed by atoms with Crippen molar-refractivity contribution in [3.05, 3.63) is 29.8 Å². The molecular formula is C13H18F2N2O2. The van der Waals surface area contributed by atoms with E-state index in [1.807, 2.05) is 25.1 Å². The summed E-state index contributed by atoms with van der Waals surface area (Å²) in [6.07, 6.45) is -2.62. The van der Waals surface area contributed by atoms with E-state index in [0.29, 0.717) is 5.56 Å². The van der Waals surface area contributed by atoms with E-state index in [1.165, 1.54) is 0 Å². The van der Waals surface area contributed by atoms with Crippen LogP contribution in [0.5, 0.6) is 0 Å².